The maximum Gasteiger partial charge on any atom is 0.303 e. The molecule has 0 aromatic carbocycles. The summed E-state index contributed by atoms with van der Waals surface area (Å²) in [4.78, 5) is 60.8. The van der Waals surface area contributed by atoms with Crippen molar-refractivity contribution in [2.24, 2.45) is 4.99 Å². The maximum atomic E-state index is 11.9. The topological polar surface area (TPSA) is 199 Å². The number of hydrogen-bond acceptors (Lipinski definition) is 14. The molecule has 1 heterocycles. The number of rotatable bonds is 9. The number of isothiocyanates is 1. The van der Waals surface area contributed by atoms with Crippen molar-refractivity contribution in [1.29, 1.82) is 0 Å². The van der Waals surface area contributed by atoms with Crippen molar-refractivity contribution in [3.8, 4) is 0 Å². The first kappa shape index (κ1) is 28.2. The lowest BCUT2D eigenvalue weighted by molar-refractivity contribution is -0.570. The van der Waals surface area contributed by atoms with Gasteiger partial charge in [0, 0.05) is 37.0 Å². The molecule has 0 unspecified atom stereocenters. The number of nitro groups is 2. The fraction of sp³-hybridized carbons (Fsp3) is 0.789. The van der Waals surface area contributed by atoms with Gasteiger partial charge in [0.2, 0.25) is 12.1 Å². The molecule has 2 fully saturated rings. The van der Waals surface area contributed by atoms with Crippen LogP contribution in [0, 0.1) is 20.2 Å². The van der Waals surface area contributed by atoms with Gasteiger partial charge in [0.15, 0.2) is 18.4 Å². The summed E-state index contributed by atoms with van der Waals surface area (Å²) in [7, 11) is 0. The molecular weight excluding hydrogens is 492 g/mol. The van der Waals surface area contributed by atoms with Gasteiger partial charge in [-0.3, -0.25) is 39.9 Å². The first-order valence-electron chi connectivity index (χ1n) is 10.7. The molecule has 0 bridgehead atoms. The molecular formula is C19H26N4O11S. The largest absolute Gasteiger partial charge is 0.463 e. The van der Waals surface area contributed by atoms with Gasteiger partial charge in [-0.15, -0.1) is 0 Å². The number of carbonyl (C=O) groups excluding carboxylic acids is 3. The van der Waals surface area contributed by atoms with Crippen LogP contribution in [0.3, 0.4) is 0 Å². The van der Waals surface area contributed by atoms with E-state index in [1.807, 2.05) is 0 Å². The van der Waals surface area contributed by atoms with E-state index in [2.05, 4.69) is 27.7 Å². The number of ether oxygens (including phenoxy) is 4. The van der Waals surface area contributed by atoms with E-state index < -0.39 is 76.5 Å². The molecule has 0 aromatic heterocycles. The van der Waals surface area contributed by atoms with E-state index in [-0.39, 0.29) is 25.9 Å². The highest BCUT2D eigenvalue weighted by molar-refractivity contribution is 7.78. The van der Waals surface area contributed by atoms with E-state index in [1.165, 1.54) is 0 Å². The second-order valence-electron chi connectivity index (χ2n) is 8.14. The monoisotopic (exact) mass is 518 g/mol. The Kier molecular flexibility index (Phi) is 10.1. The molecule has 1 N–H and O–H groups in total. The summed E-state index contributed by atoms with van der Waals surface area (Å²) in [6, 6.07) is -4.42. The van der Waals surface area contributed by atoms with Gasteiger partial charge >= 0.3 is 17.9 Å². The molecule has 0 aromatic rings. The van der Waals surface area contributed by atoms with Gasteiger partial charge in [-0.1, -0.05) is 0 Å². The predicted molar refractivity (Wildman–Crippen MR) is 118 cm³/mol. The Morgan fingerprint density at radius 1 is 1.06 bits per heavy atom. The lowest BCUT2D eigenvalue weighted by Gasteiger charge is -2.45. The van der Waals surface area contributed by atoms with Crippen LogP contribution in [-0.2, 0) is 33.3 Å². The van der Waals surface area contributed by atoms with Crippen molar-refractivity contribution in [3.05, 3.63) is 20.2 Å². The number of esters is 3. The van der Waals surface area contributed by atoms with Gasteiger partial charge in [0.1, 0.15) is 12.7 Å². The van der Waals surface area contributed by atoms with Gasteiger partial charge in [0.05, 0.1) is 23.7 Å². The second kappa shape index (κ2) is 12.6. The van der Waals surface area contributed by atoms with Gasteiger partial charge < -0.3 is 18.9 Å². The summed E-state index contributed by atoms with van der Waals surface area (Å²) in [5.41, 5.74) is 0. The van der Waals surface area contributed by atoms with E-state index in [1.54, 1.807) is 0 Å². The lowest BCUT2D eigenvalue weighted by atomic mass is 9.85. The molecule has 194 valence electrons. The van der Waals surface area contributed by atoms with E-state index >= 15 is 0 Å². The summed E-state index contributed by atoms with van der Waals surface area (Å²) in [5, 5.41) is 28.0. The van der Waals surface area contributed by atoms with Gasteiger partial charge in [-0.25, -0.2) is 0 Å². The Bertz CT molecular complexity index is 896. The molecule has 1 saturated heterocycles. The van der Waals surface area contributed by atoms with Gasteiger partial charge in [0.25, 0.3) is 0 Å². The number of nitrogens with zero attached hydrogens (tertiary/aromatic N) is 3. The number of nitrogens with one attached hydrogen (secondary N) is 1. The zero-order chi connectivity index (χ0) is 26.3. The highest BCUT2D eigenvalue weighted by atomic mass is 32.1. The van der Waals surface area contributed by atoms with Crippen LogP contribution in [0.4, 0.5) is 0 Å². The smallest absolute Gasteiger partial charge is 0.303 e. The average Bonchev–Trinajstić information content (AvgIpc) is 2.75. The summed E-state index contributed by atoms with van der Waals surface area (Å²) in [5.74, 6) is -2.17. The Labute approximate surface area is 204 Å². The van der Waals surface area contributed by atoms with E-state index in [0.29, 0.717) is 0 Å². The molecule has 16 heteroatoms. The Hall–Kier alpha value is -3.07. The number of hydrogen-bond donors (Lipinski definition) is 1. The van der Waals surface area contributed by atoms with E-state index in [0.717, 1.165) is 20.8 Å². The zero-order valence-corrected chi connectivity index (χ0v) is 20.0. The van der Waals surface area contributed by atoms with Crippen LogP contribution < -0.4 is 5.32 Å². The SMILES string of the molecule is CC(=O)OC[C@@H]1O[C@H](N=C=S)[C@H](N[C@@H]2CC[C@H]([N+](=O)[O-])C[C@H]2[N+](=O)[O-])[C@@H](OC(C)=O)[C@@H]1OC(C)=O. The van der Waals surface area contributed by atoms with Crippen LogP contribution in [0.1, 0.15) is 40.0 Å². The lowest BCUT2D eigenvalue weighted by Crippen LogP contribution is -2.68. The third kappa shape index (κ3) is 7.71. The van der Waals surface area contributed by atoms with Crippen LogP contribution in [0.2, 0.25) is 0 Å². The van der Waals surface area contributed by atoms with Crippen molar-refractivity contribution < 1.29 is 43.2 Å². The van der Waals surface area contributed by atoms with Gasteiger partial charge in [-0.05, 0) is 18.6 Å². The molecule has 1 aliphatic heterocycles. The Morgan fingerprint density at radius 3 is 2.20 bits per heavy atom. The predicted octanol–water partition coefficient (Wildman–Crippen LogP) is 0.0419. The fourth-order valence-electron chi connectivity index (χ4n) is 4.25. The van der Waals surface area contributed by atoms with Crippen molar-refractivity contribution >= 4 is 35.3 Å². The van der Waals surface area contributed by atoms with Crippen LogP contribution >= 0.6 is 12.2 Å². The van der Waals surface area contributed by atoms with Crippen molar-refractivity contribution in [1.82, 2.24) is 5.32 Å². The molecule has 8 atom stereocenters. The first-order chi connectivity index (χ1) is 16.4. The minimum absolute atomic E-state index is 0.0592. The summed E-state index contributed by atoms with van der Waals surface area (Å²) in [6.45, 7) is 2.99. The normalized spacial score (nSPS) is 32.4. The molecule has 0 spiro atoms. The summed E-state index contributed by atoms with van der Waals surface area (Å²) in [6.07, 6.45) is -5.11. The highest BCUT2D eigenvalue weighted by Crippen LogP contribution is 2.30. The van der Waals surface area contributed by atoms with E-state index in [4.69, 9.17) is 18.9 Å². The molecule has 1 aliphatic carbocycles. The summed E-state index contributed by atoms with van der Waals surface area (Å²) < 4.78 is 21.6. The molecule has 0 amide bonds. The van der Waals surface area contributed by atoms with Crippen LogP contribution in [0.25, 0.3) is 0 Å². The molecule has 2 rings (SSSR count). The Balaban J connectivity index is 2.43. The minimum Gasteiger partial charge on any atom is -0.463 e. The van der Waals surface area contributed by atoms with Crippen LogP contribution in [-0.4, -0.2) is 88.2 Å². The fourth-order valence-corrected chi connectivity index (χ4v) is 4.35. The third-order valence-electron chi connectivity index (χ3n) is 5.66. The molecule has 2 aliphatic rings. The quantitative estimate of drug-likeness (QED) is 0.107. The average molecular weight is 519 g/mol. The number of carbonyl (C=O) groups is 3. The zero-order valence-electron chi connectivity index (χ0n) is 19.2. The van der Waals surface area contributed by atoms with Crippen molar-refractivity contribution in [3.63, 3.8) is 0 Å². The Morgan fingerprint density at radius 2 is 1.69 bits per heavy atom. The van der Waals surface area contributed by atoms with Crippen LogP contribution in [0.15, 0.2) is 4.99 Å². The van der Waals surface area contributed by atoms with Gasteiger partial charge in [-0.2, -0.15) is 4.99 Å². The number of thiocarbonyl (C=S) groups is 1. The highest BCUT2D eigenvalue weighted by Gasteiger charge is 2.53. The maximum absolute atomic E-state index is 11.9. The molecule has 35 heavy (non-hydrogen) atoms. The molecule has 15 nitrogen and oxygen atoms in total. The van der Waals surface area contributed by atoms with E-state index in [9.17, 15) is 34.6 Å². The third-order valence-corrected chi connectivity index (χ3v) is 5.77. The summed E-state index contributed by atoms with van der Waals surface area (Å²) >= 11 is 4.68. The minimum atomic E-state index is -1.33. The second-order valence-corrected chi connectivity index (χ2v) is 8.32. The number of aliphatic imine (C=N–C) groups is 1. The first-order valence-corrected chi connectivity index (χ1v) is 11.1. The standard InChI is InChI=1S/C19H26N4O11S/c1-9(24)31-7-15-17(32-10(2)25)18(33-11(3)26)16(19(34-15)20-8-35)21-13-5-4-12(22(27)28)6-14(13)23(29)30/h12-19,21H,4-7H2,1-3H3/t12-,13+,14+,15-,16+,17+,18+,19-/m0/s1. The van der Waals surface area contributed by atoms with Crippen molar-refractivity contribution in [2.45, 2.75) is 88.7 Å². The molecule has 1 saturated carbocycles. The van der Waals surface area contributed by atoms with Crippen molar-refractivity contribution in [2.75, 3.05) is 6.61 Å². The molecule has 0 radical (unpaired) electrons. The van der Waals surface area contributed by atoms with Crippen LogP contribution in [0.5, 0.6) is 0 Å².